The monoisotopic (exact) mass is 199 g/mol. The quantitative estimate of drug-likeness (QED) is 0.824. The summed E-state index contributed by atoms with van der Waals surface area (Å²) in [7, 11) is 0. The highest BCUT2D eigenvalue weighted by Gasteiger charge is 1.97. The van der Waals surface area contributed by atoms with Gasteiger partial charge in [-0.3, -0.25) is 4.98 Å². The summed E-state index contributed by atoms with van der Waals surface area (Å²) >= 11 is 0. The van der Waals surface area contributed by atoms with Crippen molar-refractivity contribution in [3.8, 4) is 0 Å². The van der Waals surface area contributed by atoms with Gasteiger partial charge in [0.2, 0.25) is 0 Å². The van der Waals surface area contributed by atoms with Crippen molar-refractivity contribution >= 4 is 5.82 Å². The maximum Gasteiger partial charge on any atom is 0.144 e. The van der Waals surface area contributed by atoms with Crippen LogP contribution in [-0.4, -0.2) is 9.97 Å². The van der Waals surface area contributed by atoms with Gasteiger partial charge < -0.3 is 5.32 Å². The van der Waals surface area contributed by atoms with Crippen molar-refractivity contribution in [1.29, 1.82) is 0 Å². The molecule has 1 heterocycles. The molecule has 2 rings (SSSR count). The van der Waals surface area contributed by atoms with Crippen molar-refractivity contribution in [3.05, 3.63) is 54.0 Å². The van der Waals surface area contributed by atoms with Crippen LogP contribution in [0.2, 0.25) is 0 Å². The number of anilines is 1. The molecule has 0 saturated carbocycles. The molecule has 0 bridgehead atoms. The van der Waals surface area contributed by atoms with Crippen LogP contribution in [0.3, 0.4) is 0 Å². The standard InChI is InChI=1S/C12H13N3/c1-10-4-2-3-5-11(10)8-15-12-9-13-6-7-14-12/h2-7,9H,8H2,1H3,(H,14,15). The first kappa shape index (κ1) is 9.65. The number of rotatable bonds is 3. The fraction of sp³-hybridized carbons (Fsp3) is 0.167. The van der Waals surface area contributed by atoms with E-state index in [0.717, 1.165) is 12.4 Å². The van der Waals surface area contributed by atoms with Gasteiger partial charge in [-0.15, -0.1) is 0 Å². The maximum atomic E-state index is 4.15. The van der Waals surface area contributed by atoms with E-state index in [1.54, 1.807) is 18.6 Å². The predicted octanol–water partition coefficient (Wildman–Crippen LogP) is 2.40. The highest BCUT2D eigenvalue weighted by atomic mass is 15.0. The number of aryl methyl sites for hydroxylation is 1. The third-order valence-electron chi connectivity index (χ3n) is 2.28. The number of nitrogens with zero attached hydrogens (tertiary/aromatic N) is 2. The zero-order valence-electron chi connectivity index (χ0n) is 8.64. The molecule has 1 aromatic heterocycles. The van der Waals surface area contributed by atoms with E-state index in [9.17, 15) is 0 Å². The average molecular weight is 199 g/mol. The summed E-state index contributed by atoms with van der Waals surface area (Å²) in [5, 5.41) is 3.23. The fourth-order valence-electron chi connectivity index (χ4n) is 1.38. The summed E-state index contributed by atoms with van der Waals surface area (Å²) in [5.74, 6) is 0.806. The van der Waals surface area contributed by atoms with Crippen molar-refractivity contribution in [2.45, 2.75) is 13.5 Å². The maximum absolute atomic E-state index is 4.15. The summed E-state index contributed by atoms with van der Waals surface area (Å²) in [6.07, 6.45) is 5.07. The molecule has 0 aliphatic carbocycles. The first-order valence-electron chi connectivity index (χ1n) is 4.90. The third-order valence-corrected chi connectivity index (χ3v) is 2.28. The Morgan fingerprint density at radius 3 is 2.80 bits per heavy atom. The largest absolute Gasteiger partial charge is 0.365 e. The van der Waals surface area contributed by atoms with Crippen molar-refractivity contribution < 1.29 is 0 Å². The topological polar surface area (TPSA) is 37.8 Å². The Kier molecular flexibility index (Phi) is 2.93. The van der Waals surface area contributed by atoms with Gasteiger partial charge in [-0.05, 0) is 18.1 Å². The zero-order chi connectivity index (χ0) is 10.5. The van der Waals surface area contributed by atoms with Gasteiger partial charge in [-0.1, -0.05) is 24.3 Å². The first-order chi connectivity index (χ1) is 7.36. The smallest absolute Gasteiger partial charge is 0.144 e. The van der Waals surface area contributed by atoms with E-state index < -0.39 is 0 Å². The second-order valence-electron chi connectivity index (χ2n) is 3.37. The van der Waals surface area contributed by atoms with E-state index in [0.29, 0.717) is 0 Å². The summed E-state index contributed by atoms with van der Waals surface area (Å²) in [5.41, 5.74) is 2.57. The van der Waals surface area contributed by atoms with E-state index in [4.69, 9.17) is 0 Å². The van der Waals surface area contributed by atoms with Crippen LogP contribution >= 0.6 is 0 Å². The van der Waals surface area contributed by atoms with Gasteiger partial charge in [0.25, 0.3) is 0 Å². The van der Waals surface area contributed by atoms with Gasteiger partial charge >= 0.3 is 0 Å². The molecule has 0 radical (unpaired) electrons. The molecule has 0 atom stereocenters. The highest BCUT2D eigenvalue weighted by Crippen LogP contribution is 2.08. The number of hydrogen-bond donors (Lipinski definition) is 1. The van der Waals surface area contributed by atoms with Crippen molar-refractivity contribution in [1.82, 2.24) is 9.97 Å². The molecule has 0 aliphatic rings. The minimum Gasteiger partial charge on any atom is -0.365 e. The van der Waals surface area contributed by atoms with Crippen LogP contribution in [0.15, 0.2) is 42.9 Å². The molecule has 0 spiro atoms. The number of aromatic nitrogens is 2. The molecule has 1 aromatic carbocycles. The molecule has 1 N–H and O–H groups in total. The predicted molar refractivity (Wildman–Crippen MR) is 60.5 cm³/mol. The van der Waals surface area contributed by atoms with E-state index >= 15 is 0 Å². The van der Waals surface area contributed by atoms with Crippen LogP contribution in [0.1, 0.15) is 11.1 Å². The molecule has 0 saturated heterocycles. The molecule has 0 aliphatic heterocycles. The van der Waals surface area contributed by atoms with E-state index in [2.05, 4.69) is 34.3 Å². The number of benzene rings is 1. The van der Waals surface area contributed by atoms with Gasteiger partial charge in [-0.2, -0.15) is 0 Å². The lowest BCUT2D eigenvalue weighted by Crippen LogP contribution is -2.02. The lowest BCUT2D eigenvalue weighted by Gasteiger charge is -2.07. The van der Waals surface area contributed by atoms with Crippen LogP contribution in [0.4, 0.5) is 5.82 Å². The van der Waals surface area contributed by atoms with Crippen LogP contribution in [0.25, 0.3) is 0 Å². The molecule has 0 unspecified atom stereocenters. The molecule has 76 valence electrons. The van der Waals surface area contributed by atoms with E-state index in [-0.39, 0.29) is 0 Å². The lowest BCUT2D eigenvalue weighted by atomic mass is 10.1. The highest BCUT2D eigenvalue weighted by molar-refractivity contribution is 5.34. The molecule has 3 nitrogen and oxygen atoms in total. The second kappa shape index (κ2) is 4.55. The van der Waals surface area contributed by atoms with Crippen molar-refractivity contribution in [2.24, 2.45) is 0 Å². The van der Waals surface area contributed by atoms with Gasteiger partial charge in [0.05, 0.1) is 6.20 Å². The Bertz CT molecular complexity index is 426. The summed E-state index contributed by atoms with van der Waals surface area (Å²) in [6, 6.07) is 8.30. The fourth-order valence-corrected chi connectivity index (χ4v) is 1.38. The van der Waals surface area contributed by atoms with Crippen LogP contribution < -0.4 is 5.32 Å². The van der Waals surface area contributed by atoms with E-state index in [1.807, 2.05) is 12.1 Å². The SMILES string of the molecule is Cc1ccccc1CNc1cnccn1. The van der Waals surface area contributed by atoms with Crippen LogP contribution in [-0.2, 0) is 6.54 Å². The molecular weight excluding hydrogens is 186 g/mol. The molecule has 15 heavy (non-hydrogen) atoms. The van der Waals surface area contributed by atoms with Crippen LogP contribution in [0.5, 0.6) is 0 Å². The number of nitrogens with one attached hydrogen (secondary N) is 1. The molecule has 0 amide bonds. The normalized spacial score (nSPS) is 9.93. The van der Waals surface area contributed by atoms with Gasteiger partial charge in [0.15, 0.2) is 0 Å². The summed E-state index contributed by atoms with van der Waals surface area (Å²) in [6.45, 7) is 2.89. The Labute approximate surface area is 89.2 Å². The Morgan fingerprint density at radius 2 is 2.07 bits per heavy atom. The molecule has 0 fully saturated rings. The molecule has 3 heteroatoms. The first-order valence-corrected chi connectivity index (χ1v) is 4.90. The van der Waals surface area contributed by atoms with Crippen molar-refractivity contribution in [3.63, 3.8) is 0 Å². The lowest BCUT2D eigenvalue weighted by molar-refractivity contribution is 1.07. The third kappa shape index (κ3) is 2.53. The van der Waals surface area contributed by atoms with Crippen molar-refractivity contribution in [2.75, 3.05) is 5.32 Å². The minimum absolute atomic E-state index is 0.783. The van der Waals surface area contributed by atoms with Crippen LogP contribution in [0, 0.1) is 6.92 Å². The van der Waals surface area contributed by atoms with Gasteiger partial charge in [0, 0.05) is 18.9 Å². The second-order valence-corrected chi connectivity index (χ2v) is 3.37. The Morgan fingerprint density at radius 1 is 1.20 bits per heavy atom. The van der Waals surface area contributed by atoms with E-state index in [1.165, 1.54) is 11.1 Å². The Balaban J connectivity index is 2.03. The Hall–Kier alpha value is -1.90. The summed E-state index contributed by atoms with van der Waals surface area (Å²) < 4.78 is 0. The zero-order valence-corrected chi connectivity index (χ0v) is 8.64. The molecule has 2 aromatic rings. The summed E-state index contributed by atoms with van der Waals surface area (Å²) in [4.78, 5) is 8.14. The average Bonchev–Trinajstić information content (AvgIpc) is 2.29. The van der Waals surface area contributed by atoms with Gasteiger partial charge in [-0.25, -0.2) is 4.98 Å². The minimum atomic E-state index is 0.783. The van der Waals surface area contributed by atoms with Gasteiger partial charge in [0.1, 0.15) is 5.82 Å². The number of hydrogen-bond acceptors (Lipinski definition) is 3. The molecular formula is C12H13N3.